The van der Waals surface area contributed by atoms with Gasteiger partial charge in [-0.1, -0.05) is 13.3 Å². The van der Waals surface area contributed by atoms with Gasteiger partial charge in [-0.25, -0.2) is 4.79 Å². The summed E-state index contributed by atoms with van der Waals surface area (Å²) in [6.07, 6.45) is 2.92. The lowest BCUT2D eigenvalue weighted by Gasteiger charge is -2.34. The highest BCUT2D eigenvalue weighted by Crippen LogP contribution is 2.42. The quantitative estimate of drug-likeness (QED) is 0.728. The second-order valence-corrected chi connectivity index (χ2v) is 4.81. The van der Waals surface area contributed by atoms with Crippen LogP contribution in [0.2, 0.25) is 0 Å². The van der Waals surface area contributed by atoms with Crippen LogP contribution in [-0.2, 0) is 9.59 Å². The van der Waals surface area contributed by atoms with Crippen molar-refractivity contribution in [1.82, 2.24) is 10.2 Å². The van der Waals surface area contributed by atoms with Crippen LogP contribution in [0, 0.1) is 5.92 Å². The maximum Gasteiger partial charge on any atom is 0.331 e. The van der Waals surface area contributed by atoms with E-state index in [0.29, 0.717) is 6.42 Å². The van der Waals surface area contributed by atoms with Crippen LogP contribution >= 0.6 is 0 Å². The van der Waals surface area contributed by atoms with Crippen molar-refractivity contribution in [2.75, 3.05) is 0 Å². The molecule has 0 radical (unpaired) electrons. The third-order valence-electron chi connectivity index (χ3n) is 3.36. The first-order valence-corrected chi connectivity index (χ1v) is 5.68. The molecular weight excluding hydrogens is 208 g/mol. The summed E-state index contributed by atoms with van der Waals surface area (Å²) < 4.78 is 0. The number of barbiturate groups is 1. The fraction of sp³-hybridized carbons (Fsp3) is 0.727. The molecule has 1 saturated carbocycles. The largest absolute Gasteiger partial charge is 0.331 e. The number of nitrogens with one attached hydrogen (secondary N) is 1. The number of urea groups is 1. The standard InChI is InChI=1S/C11H16N2O3/c1-3-4-7-8(14)12-10(16)13(9(7)15)11(2)5-6-11/h7H,3-6H2,1-2H3,(H,12,14,16). The molecule has 1 saturated heterocycles. The average Bonchev–Trinajstić information content (AvgIpc) is 2.91. The fourth-order valence-electron chi connectivity index (χ4n) is 2.08. The van der Waals surface area contributed by atoms with Gasteiger partial charge in [0.2, 0.25) is 11.8 Å². The number of rotatable bonds is 3. The molecule has 0 aromatic heterocycles. The highest BCUT2D eigenvalue weighted by molar-refractivity contribution is 6.16. The van der Waals surface area contributed by atoms with Crippen LogP contribution in [0.4, 0.5) is 4.79 Å². The Hall–Kier alpha value is -1.39. The molecule has 16 heavy (non-hydrogen) atoms. The molecule has 0 bridgehead atoms. The van der Waals surface area contributed by atoms with E-state index in [2.05, 4.69) is 5.32 Å². The van der Waals surface area contributed by atoms with E-state index in [4.69, 9.17) is 0 Å². The first kappa shape index (κ1) is 11.1. The lowest BCUT2D eigenvalue weighted by Crippen LogP contribution is -2.61. The molecule has 0 aromatic carbocycles. The second kappa shape index (κ2) is 3.57. The molecule has 1 heterocycles. The summed E-state index contributed by atoms with van der Waals surface area (Å²) in [6, 6.07) is -0.553. The van der Waals surface area contributed by atoms with E-state index in [9.17, 15) is 14.4 Å². The lowest BCUT2D eigenvalue weighted by molar-refractivity contribution is -0.144. The Labute approximate surface area is 94.2 Å². The monoisotopic (exact) mass is 224 g/mol. The normalized spacial score (nSPS) is 28.0. The molecule has 2 rings (SSSR count). The molecule has 0 spiro atoms. The summed E-state index contributed by atoms with van der Waals surface area (Å²) in [6.45, 7) is 3.80. The SMILES string of the molecule is CCCC1C(=O)NC(=O)N(C2(C)CC2)C1=O. The van der Waals surface area contributed by atoms with E-state index in [-0.39, 0.29) is 11.4 Å². The number of amides is 4. The average molecular weight is 224 g/mol. The third kappa shape index (κ3) is 1.60. The smallest absolute Gasteiger partial charge is 0.277 e. The third-order valence-corrected chi connectivity index (χ3v) is 3.36. The minimum atomic E-state index is -0.680. The highest BCUT2D eigenvalue weighted by atomic mass is 16.2. The van der Waals surface area contributed by atoms with Gasteiger partial charge in [0.25, 0.3) is 0 Å². The van der Waals surface area contributed by atoms with Gasteiger partial charge in [0.15, 0.2) is 0 Å². The second-order valence-electron chi connectivity index (χ2n) is 4.81. The summed E-state index contributed by atoms with van der Waals surface area (Å²) in [4.78, 5) is 36.5. The van der Waals surface area contributed by atoms with Crippen LogP contribution in [0.3, 0.4) is 0 Å². The van der Waals surface area contributed by atoms with Crippen molar-refractivity contribution >= 4 is 17.8 Å². The van der Waals surface area contributed by atoms with Gasteiger partial charge < -0.3 is 0 Å². The van der Waals surface area contributed by atoms with Crippen molar-refractivity contribution in [3.05, 3.63) is 0 Å². The summed E-state index contributed by atoms with van der Waals surface area (Å²) in [7, 11) is 0. The van der Waals surface area contributed by atoms with Gasteiger partial charge in [0.1, 0.15) is 5.92 Å². The number of hydrogen-bond donors (Lipinski definition) is 1. The molecule has 1 unspecified atom stereocenters. The van der Waals surface area contributed by atoms with Gasteiger partial charge in [0.05, 0.1) is 0 Å². The Morgan fingerprint density at radius 1 is 1.38 bits per heavy atom. The van der Waals surface area contributed by atoms with Crippen LogP contribution in [0.1, 0.15) is 39.5 Å². The van der Waals surface area contributed by atoms with Gasteiger partial charge >= 0.3 is 6.03 Å². The Balaban J connectivity index is 2.22. The lowest BCUT2D eigenvalue weighted by atomic mass is 9.98. The molecule has 2 aliphatic rings. The van der Waals surface area contributed by atoms with Crippen molar-refractivity contribution in [1.29, 1.82) is 0 Å². The molecule has 5 nitrogen and oxygen atoms in total. The van der Waals surface area contributed by atoms with Crippen molar-refractivity contribution < 1.29 is 14.4 Å². The van der Waals surface area contributed by atoms with Crippen molar-refractivity contribution in [3.63, 3.8) is 0 Å². The Morgan fingerprint density at radius 3 is 2.50 bits per heavy atom. The molecular formula is C11H16N2O3. The number of hydrogen-bond acceptors (Lipinski definition) is 3. The Morgan fingerprint density at radius 2 is 2.00 bits per heavy atom. The summed E-state index contributed by atoms with van der Waals surface area (Å²) in [5, 5.41) is 2.27. The van der Waals surface area contributed by atoms with E-state index in [1.807, 2.05) is 13.8 Å². The van der Waals surface area contributed by atoms with Crippen molar-refractivity contribution in [3.8, 4) is 0 Å². The van der Waals surface area contributed by atoms with Gasteiger partial charge in [0, 0.05) is 5.54 Å². The zero-order valence-electron chi connectivity index (χ0n) is 9.58. The van der Waals surface area contributed by atoms with Gasteiger partial charge in [-0.15, -0.1) is 0 Å². The van der Waals surface area contributed by atoms with Gasteiger partial charge in [-0.3, -0.25) is 19.8 Å². The van der Waals surface area contributed by atoms with Gasteiger partial charge in [-0.2, -0.15) is 0 Å². The zero-order chi connectivity index (χ0) is 11.9. The van der Waals surface area contributed by atoms with Crippen molar-refractivity contribution in [2.24, 2.45) is 5.92 Å². The highest BCUT2D eigenvalue weighted by Gasteiger charge is 2.53. The van der Waals surface area contributed by atoms with Gasteiger partial charge in [-0.05, 0) is 26.2 Å². The van der Waals surface area contributed by atoms with Crippen LogP contribution in [0.25, 0.3) is 0 Å². The molecule has 1 aliphatic heterocycles. The maximum atomic E-state index is 12.1. The van der Waals surface area contributed by atoms with E-state index in [0.717, 1.165) is 19.3 Å². The predicted molar refractivity (Wildman–Crippen MR) is 56.4 cm³/mol. The number of carbonyl (C=O) groups excluding carboxylic acids is 3. The predicted octanol–water partition coefficient (Wildman–Crippen LogP) is 1.03. The Kier molecular flexibility index (Phi) is 2.48. The van der Waals surface area contributed by atoms with Crippen molar-refractivity contribution in [2.45, 2.75) is 45.1 Å². The zero-order valence-corrected chi connectivity index (χ0v) is 9.58. The van der Waals surface area contributed by atoms with Crippen LogP contribution in [0.15, 0.2) is 0 Å². The number of carbonyl (C=O) groups is 3. The number of nitrogens with zero attached hydrogens (tertiary/aromatic N) is 1. The molecule has 1 N–H and O–H groups in total. The van der Waals surface area contributed by atoms with Crippen LogP contribution in [-0.4, -0.2) is 28.3 Å². The minimum Gasteiger partial charge on any atom is -0.277 e. The topological polar surface area (TPSA) is 66.5 Å². The van der Waals surface area contributed by atoms with E-state index in [1.54, 1.807) is 0 Å². The first-order chi connectivity index (χ1) is 7.49. The minimum absolute atomic E-state index is 0.324. The number of imide groups is 2. The molecule has 2 fully saturated rings. The first-order valence-electron chi connectivity index (χ1n) is 5.68. The Bertz CT molecular complexity index is 360. The van der Waals surface area contributed by atoms with E-state index < -0.39 is 17.9 Å². The maximum absolute atomic E-state index is 12.1. The fourth-order valence-corrected chi connectivity index (χ4v) is 2.08. The molecule has 4 amide bonds. The molecule has 1 aliphatic carbocycles. The summed E-state index contributed by atoms with van der Waals surface area (Å²) in [5.74, 6) is -1.45. The van der Waals surface area contributed by atoms with Crippen LogP contribution < -0.4 is 5.32 Å². The summed E-state index contributed by atoms with van der Waals surface area (Å²) >= 11 is 0. The molecule has 1 atom stereocenters. The van der Waals surface area contributed by atoms with Crippen LogP contribution in [0.5, 0.6) is 0 Å². The van der Waals surface area contributed by atoms with E-state index in [1.165, 1.54) is 4.90 Å². The molecule has 0 aromatic rings. The molecule has 88 valence electrons. The molecule has 5 heteroatoms. The summed E-state index contributed by atoms with van der Waals surface area (Å²) in [5.41, 5.74) is -0.353. The van der Waals surface area contributed by atoms with E-state index >= 15 is 0 Å².